The van der Waals surface area contributed by atoms with Crippen LogP contribution in [0.15, 0.2) is 11.2 Å². The van der Waals surface area contributed by atoms with E-state index in [-0.39, 0.29) is 6.03 Å². The highest BCUT2D eigenvalue weighted by Crippen LogP contribution is 2.23. The maximum atomic E-state index is 12.0. The van der Waals surface area contributed by atoms with Crippen molar-refractivity contribution in [3.8, 4) is 0 Å². The SMILES string of the molecule is CSc1nc(C)cc(N2CCC(N(C)C(=O)N(C)C)CC2)n1. The molecule has 1 aromatic heterocycles. The van der Waals surface area contributed by atoms with Crippen molar-refractivity contribution in [2.75, 3.05) is 45.4 Å². The van der Waals surface area contributed by atoms with E-state index in [0.717, 1.165) is 42.6 Å². The quantitative estimate of drug-likeness (QED) is 0.630. The molecule has 0 N–H and O–H groups in total. The molecule has 1 fully saturated rings. The number of thioether (sulfide) groups is 1. The first-order chi connectivity index (χ1) is 10.4. The maximum absolute atomic E-state index is 12.0. The van der Waals surface area contributed by atoms with Crippen molar-refractivity contribution in [2.45, 2.75) is 31.0 Å². The number of urea groups is 1. The van der Waals surface area contributed by atoms with Gasteiger partial charge in [0.05, 0.1) is 0 Å². The third kappa shape index (κ3) is 3.82. The fourth-order valence-corrected chi connectivity index (χ4v) is 3.15. The summed E-state index contributed by atoms with van der Waals surface area (Å²) in [7, 11) is 5.48. The van der Waals surface area contributed by atoms with Gasteiger partial charge in [-0.25, -0.2) is 14.8 Å². The molecular formula is C15H25N5OS. The van der Waals surface area contributed by atoms with Crippen molar-refractivity contribution >= 4 is 23.6 Å². The molecule has 0 unspecified atom stereocenters. The zero-order valence-electron chi connectivity index (χ0n) is 14.0. The second-order valence-corrected chi connectivity index (χ2v) is 6.63. The number of anilines is 1. The summed E-state index contributed by atoms with van der Waals surface area (Å²) in [5.74, 6) is 0.997. The third-order valence-corrected chi connectivity index (χ3v) is 4.57. The summed E-state index contributed by atoms with van der Waals surface area (Å²) in [5.41, 5.74) is 0.997. The second kappa shape index (κ2) is 7.17. The molecule has 1 aromatic rings. The van der Waals surface area contributed by atoms with E-state index in [2.05, 4.69) is 14.9 Å². The van der Waals surface area contributed by atoms with Gasteiger partial charge in [0.2, 0.25) is 0 Å². The van der Waals surface area contributed by atoms with Gasteiger partial charge in [-0.05, 0) is 26.0 Å². The van der Waals surface area contributed by atoms with E-state index in [1.807, 2.05) is 31.2 Å². The first kappa shape index (κ1) is 16.9. The van der Waals surface area contributed by atoms with Gasteiger partial charge in [0.25, 0.3) is 0 Å². The Hall–Kier alpha value is -1.50. The van der Waals surface area contributed by atoms with Gasteiger partial charge in [-0.2, -0.15) is 0 Å². The van der Waals surface area contributed by atoms with Crippen LogP contribution in [0.25, 0.3) is 0 Å². The minimum Gasteiger partial charge on any atom is -0.356 e. The van der Waals surface area contributed by atoms with Gasteiger partial charge in [0.1, 0.15) is 5.82 Å². The second-order valence-electron chi connectivity index (χ2n) is 5.86. The number of aromatic nitrogens is 2. The van der Waals surface area contributed by atoms with E-state index in [0.29, 0.717) is 6.04 Å². The molecule has 0 atom stereocenters. The molecule has 22 heavy (non-hydrogen) atoms. The Morgan fingerprint density at radius 1 is 1.27 bits per heavy atom. The summed E-state index contributed by atoms with van der Waals surface area (Å²) in [6.45, 7) is 3.83. The molecule has 1 saturated heterocycles. The molecule has 2 rings (SSSR count). The zero-order chi connectivity index (χ0) is 16.3. The Morgan fingerprint density at radius 3 is 2.45 bits per heavy atom. The number of piperidine rings is 1. The van der Waals surface area contributed by atoms with E-state index in [9.17, 15) is 4.79 Å². The van der Waals surface area contributed by atoms with Gasteiger partial charge in [-0.3, -0.25) is 0 Å². The van der Waals surface area contributed by atoms with E-state index in [1.165, 1.54) is 0 Å². The van der Waals surface area contributed by atoms with Crippen molar-refractivity contribution in [2.24, 2.45) is 0 Å². The number of amides is 2. The molecule has 7 heteroatoms. The van der Waals surface area contributed by atoms with Crippen LogP contribution in [0.3, 0.4) is 0 Å². The first-order valence-corrected chi connectivity index (χ1v) is 8.73. The van der Waals surface area contributed by atoms with Gasteiger partial charge < -0.3 is 14.7 Å². The number of rotatable bonds is 3. The highest BCUT2D eigenvalue weighted by atomic mass is 32.2. The molecule has 2 amide bonds. The Balaban J connectivity index is 2.00. The topological polar surface area (TPSA) is 52.6 Å². The van der Waals surface area contributed by atoms with Crippen molar-refractivity contribution in [3.05, 3.63) is 11.8 Å². The van der Waals surface area contributed by atoms with Crippen molar-refractivity contribution < 1.29 is 4.79 Å². The van der Waals surface area contributed by atoms with Crippen LogP contribution in [-0.4, -0.2) is 72.3 Å². The van der Waals surface area contributed by atoms with E-state index in [1.54, 1.807) is 30.8 Å². The van der Waals surface area contributed by atoms with E-state index < -0.39 is 0 Å². The number of aryl methyl sites for hydroxylation is 1. The number of hydrogen-bond donors (Lipinski definition) is 0. The first-order valence-electron chi connectivity index (χ1n) is 7.51. The standard InChI is InChI=1S/C15H25N5OS/c1-11-10-13(17-14(16-11)22-5)20-8-6-12(7-9-20)19(4)15(21)18(2)3/h10,12H,6-9H2,1-5H3. The van der Waals surface area contributed by atoms with Gasteiger partial charge in [-0.1, -0.05) is 11.8 Å². The molecule has 1 aliphatic rings. The van der Waals surface area contributed by atoms with Gasteiger partial charge in [0, 0.05) is 52.0 Å². The molecule has 0 saturated carbocycles. The van der Waals surface area contributed by atoms with Crippen molar-refractivity contribution in [1.82, 2.24) is 19.8 Å². The summed E-state index contributed by atoms with van der Waals surface area (Å²) in [6.07, 6.45) is 3.92. The molecule has 0 bridgehead atoms. The molecule has 0 aromatic carbocycles. The van der Waals surface area contributed by atoms with Crippen LogP contribution < -0.4 is 4.90 Å². The van der Waals surface area contributed by atoms with E-state index in [4.69, 9.17) is 0 Å². The lowest BCUT2D eigenvalue weighted by Crippen LogP contribution is -2.48. The van der Waals surface area contributed by atoms with Crippen LogP contribution in [0.4, 0.5) is 10.6 Å². The number of nitrogens with zero attached hydrogens (tertiary/aromatic N) is 5. The lowest BCUT2D eigenvalue weighted by Gasteiger charge is -2.38. The molecule has 1 aliphatic heterocycles. The molecule has 2 heterocycles. The maximum Gasteiger partial charge on any atom is 0.319 e. The lowest BCUT2D eigenvalue weighted by molar-refractivity contribution is 0.155. The van der Waals surface area contributed by atoms with Crippen LogP contribution in [-0.2, 0) is 0 Å². The number of carbonyl (C=O) groups excluding carboxylic acids is 1. The number of hydrogen-bond acceptors (Lipinski definition) is 5. The van der Waals surface area contributed by atoms with E-state index >= 15 is 0 Å². The highest BCUT2D eigenvalue weighted by molar-refractivity contribution is 7.98. The molecule has 6 nitrogen and oxygen atoms in total. The molecular weight excluding hydrogens is 298 g/mol. The predicted molar refractivity (Wildman–Crippen MR) is 90.6 cm³/mol. The Labute approximate surface area is 136 Å². The van der Waals surface area contributed by atoms with Crippen LogP contribution in [0.2, 0.25) is 0 Å². The predicted octanol–water partition coefficient (Wildman–Crippen LogP) is 2.09. The summed E-state index contributed by atoms with van der Waals surface area (Å²) < 4.78 is 0. The van der Waals surface area contributed by atoms with Gasteiger partial charge in [0.15, 0.2) is 5.16 Å². The molecule has 0 spiro atoms. The van der Waals surface area contributed by atoms with Crippen LogP contribution in [0.5, 0.6) is 0 Å². The summed E-state index contributed by atoms with van der Waals surface area (Å²) in [4.78, 5) is 26.8. The summed E-state index contributed by atoms with van der Waals surface area (Å²) >= 11 is 1.57. The van der Waals surface area contributed by atoms with Crippen LogP contribution in [0.1, 0.15) is 18.5 Å². The Morgan fingerprint density at radius 2 is 1.91 bits per heavy atom. The molecule has 0 radical (unpaired) electrons. The minimum absolute atomic E-state index is 0.0704. The third-order valence-electron chi connectivity index (χ3n) is 4.02. The highest BCUT2D eigenvalue weighted by Gasteiger charge is 2.26. The number of carbonyl (C=O) groups is 1. The Bertz CT molecular complexity index is 529. The average Bonchev–Trinajstić information content (AvgIpc) is 2.52. The van der Waals surface area contributed by atoms with Gasteiger partial charge >= 0.3 is 6.03 Å². The normalized spacial score (nSPS) is 15.8. The molecule has 122 valence electrons. The van der Waals surface area contributed by atoms with Crippen molar-refractivity contribution in [1.29, 1.82) is 0 Å². The van der Waals surface area contributed by atoms with Crippen LogP contribution >= 0.6 is 11.8 Å². The molecule has 0 aliphatic carbocycles. The monoisotopic (exact) mass is 323 g/mol. The smallest absolute Gasteiger partial charge is 0.319 e. The lowest BCUT2D eigenvalue weighted by atomic mass is 10.0. The summed E-state index contributed by atoms with van der Waals surface area (Å²) in [6, 6.07) is 2.41. The van der Waals surface area contributed by atoms with Gasteiger partial charge in [-0.15, -0.1) is 0 Å². The van der Waals surface area contributed by atoms with Crippen LogP contribution in [0, 0.1) is 6.92 Å². The summed E-state index contributed by atoms with van der Waals surface area (Å²) in [5, 5.41) is 0.817. The largest absolute Gasteiger partial charge is 0.356 e. The minimum atomic E-state index is 0.0704. The average molecular weight is 323 g/mol. The Kier molecular flexibility index (Phi) is 5.50. The fourth-order valence-electron chi connectivity index (χ4n) is 2.73. The zero-order valence-corrected chi connectivity index (χ0v) is 14.9. The van der Waals surface area contributed by atoms with Crippen molar-refractivity contribution in [3.63, 3.8) is 0 Å². The fraction of sp³-hybridized carbons (Fsp3) is 0.667.